The van der Waals surface area contributed by atoms with Gasteiger partial charge in [0, 0.05) is 0 Å². The number of rotatable bonds is 5. The van der Waals surface area contributed by atoms with Crippen molar-refractivity contribution < 1.29 is 0 Å². The lowest BCUT2D eigenvalue weighted by molar-refractivity contribution is 0.656. The van der Waals surface area contributed by atoms with E-state index in [-0.39, 0.29) is 12.4 Å². The molecule has 0 saturated heterocycles. The first-order chi connectivity index (χ1) is 3.91. The third-order valence-corrected chi connectivity index (χ3v) is 1.72. The zero-order valence-electron chi connectivity index (χ0n) is 6.23. The van der Waals surface area contributed by atoms with Crippen LogP contribution in [0.3, 0.4) is 0 Å². The van der Waals surface area contributed by atoms with Gasteiger partial charge in [-0.1, -0.05) is 39.0 Å². The minimum absolute atomic E-state index is 0. The van der Waals surface area contributed by atoms with Crippen LogP contribution in [-0.4, -0.2) is 16.3 Å². The molecule has 0 aliphatic heterocycles. The maximum Gasteiger partial charge on any atom is 0.118 e. The SMILES string of the molecule is CCCCCC[CH2][Al].Cl. The van der Waals surface area contributed by atoms with Crippen molar-refractivity contribution in [2.75, 3.05) is 0 Å². The maximum absolute atomic E-state index is 2.77. The van der Waals surface area contributed by atoms with Crippen molar-refractivity contribution in [3.05, 3.63) is 0 Å². The highest BCUT2D eigenvalue weighted by atomic mass is 35.5. The average molecular weight is 163 g/mol. The quantitative estimate of drug-likeness (QED) is 0.431. The second-order valence-corrected chi connectivity index (χ2v) is 2.78. The molecule has 2 radical (unpaired) electrons. The lowest BCUT2D eigenvalue weighted by Crippen LogP contribution is -1.75. The van der Waals surface area contributed by atoms with E-state index < -0.39 is 0 Å². The molecule has 0 atom stereocenters. The molecule has 0 aromatic rings. The van der Waals surface area contributed by atoms with Gasteiger partial charge in [-0.15, -0.1) is 17.7 Å². The molecule has 0 rings (SSSR count). The smallest absolute Gasteiger partial charge is 0.118 e. The number of halogens is 1. The summed E-state index contributed by atoms with van der Waals surface area (Å²) in [6.07, 6.45) is 7.04. The predicted octanol–water partition coefficient (Wildman–Crippen LogP) is 2.97. The molecule has 9 heavy (non-hydrogen) atoms. The Kier molecular flexibility index (Phi) is 16.1. The molecular weight excluding hydrogens is 147 g/mol. The fourth-order valence-electron chi connectivity index (χ4n) is 0.748. The Morgan fingerprint density at radius 1 is 1.00 bits per heavy atom. The Hall–Kier alpha value is 0.822. The van der Waals surface area contributed by atoms with Gasteiger partial charge in [0.25, 0.3) is 0 Å². The standard InChI is InChI=1S/C7H15.Al.ClH/c1-3-5-7-6-4-2;;/h1,3-7H2,2H3;;1H. The first-order valence-corrected chi connectivity index (χ1v) is 4.43. The van der Waals surface area contributed by atoms with Crippen LogP contribution in [0.5, 0.6) is 0 Å². The molecule has 0 unspecified atom stereocenters. The van der Waals surface area contributed by atoms with Gasteiger partial charge in [-0.3, -0.25) is 0 Å². The molecule has 0 aromatic heterocycles. The lowest BCUT2D eigenvalue weighted by atomic mass is 10.2. The molecule has 2 heteroatoms. The summed E-state index contributed by atoms with van der Waals surface area (Å²) in [5, 5.41) is 1.28. The summed E-state index contributed by atoms with van der Waals surface area (Å²) >= 11 is 2.77. The molecule has 0 aliphatic rings. The molecular formula is C7H16AlCl. The van der Waals surface area contributed by atoms with Crippen LogP contribution >= 0.6 is 12.4 Å². The summed E-state index contributed by atoms with van der Waals surface area (Å²) in [5.74, 6) is 0. The predicted molar refractivity (Wildman–Crippen MR) is 46.6 cm³/mol. The van der Waals surface area contributed by atoms with E-state index in [1.807, 2.05) is 0 Å². The van der Waals surface area contributed by atoms with E-state index in [1.54, 1.807) is 0 Å². The first-order valence-electron chi connectivity index (χ1n) is 3.62. The minimum atomic E-state index is 0. The molecule has 0 nitrogen and oxygen atoms in total. The Labute approximate surface area is 73.2 Å². The van der Waals surface area contributed by atoms with E-state index >= 15 is 0 Å². The molecule has 0 saturated carbocycles. The number of hydrogen-bond donors (Lipinski definition) is 0. The van der Waals surface area contributed by atoms with Crippen LogP contribution in [0.2, 0.25) is 5.28 Å². The Morgan fingerprint density at radius 3 is 2.00 bits per heavy atom. The Morgan fingerprint density at radius 2 is 1.56 bits per heavy atom. The lowest BCUT2D eigenvalue weighted by Gasteiger charge is -1.94. The fraction of sp³-hybridized carbons (Fsp3) is 1.00. The van der Waals surface area contributed by atoms with Crippen molar-refractivity contribution in [3.8, 4) is 0 Å². The third kappa shape index (κ3) is 12.1. The molecule has 0 aliphatic carbocycles. The van der Waals surface area contributed by atoms with Gasteiger partial charge in [0.15, 0.2) is 0 Å². The van der Waals surface area contributed by atoms with Crippen molar-refractivity contribution >= 4 is 28.7 Å². The van der Waals surface area contributed by atoms with Gasteiger partial charge in [-0.2, -0.15) is 0 Å². The second kappa shape index (κ2) is 11.6. The molecule has 0 fully saturated rings. The van der Waals surface area contributed by atoms with Crippen LogP contribution in [0.15, 0.2) is 0 Å². The summed E-state index contributed by atoms with van der Waals surface area (Å²) in [4.78, 5) is 0. The van der Waals surface area contributed by atoms with E-state index in [9.17, 15) is 0 Å². The zero-order chi connectivity index (χ0) is 6.24. The minimum Gasteiger partial charge on any atom is -0.147 e. The van der Waals surface area contributed by atoms with Gasteiger partial charge in [0.2, 0.25) is 0 Å². The average Bonchev–Trinajstić information content (AvgIpc) is 1.81. The highest BCUT2D eigenvalue weighted by molar-refractivity contribution is 6.08. The highest BCUT2D eigenvalue weighted by Gasteiger charge is 1.83. The van der Waals surface area contributed by atoms with Crippen LogP contribution < -0.4 is 0 Å². The number of unbranched alkanes of at least 4 members (excludes halogenated alkanes) is 4. The molecule has 0 spiro atoms. The van der Waals surface area contributed by atoms with Gasteiger partial charge < -0.3 is 0 Å². The molecule has 0 N–H and O–H groups in total. The van der Waals surface area contributed by atoms with Crippen LogP contribution in [-0.2, 0) is 0 Å². The molecule has 0 amide bonds. The van der Waals surface area contributed by atoms with Gasteiger partial charge in [0.1, 0.15) is 16.3 Å². The van der Waals surface area contributed by atoms with E-state index in [2.05, 4.69) is 23.2 Å². The van der Waals surface area contributed by atoms with Crippen molar-refractivity contribution in [2.24, 2.45) is 0 Å². The zero-order valence-corrected chi connectivity index (χ0v) is 8.20. The van der Waals surface area contributed by atoms with E-state index in [0.717, 1.165) is 0 Å². The Bertz CT molecular complexity index is 33.9. The molecule has 54 valence electrons. The van der Waals surface area contributed by atoms with Crippen molar-refractivity contribution in [2.45, 2.75) is 44.3 Å². The highest BCUT2D eigenvalue weighted by Crippen LogP contribution is 2.02. The molecule has 0 aromatic carbocycles. The third-order valence-electron chi connectivity index (χ3n) is 1.31. The first kappa shape index (κ1) is 12.5. The monoisotopic (exact) mass is 162 g/mol. The van der Waals surface area contributed by atoms with Crippen LogP contribution in [0.25, 0.3) is 0 Å². The van der Waals surface area contributed by atoms with E-state index in [0.29, 0.717) is 0 Å². The van der Waals surface area contributed by atoms with Gasteiger partial charge in [0.05, 0.1) is 0 Å². The molecule has 0 bridgehead atoms. The van der Waals surface area contributed by atoms with E-state index in [4.69, 9.17) is 0 Å². The maximum atomic E-state index is 2.77. The van der Waals surface area contributed by atoms with Crippen molar-refractivity contribution in [1.82, 2.24) is 0 Å². The normalized spacial score (nSPS) is 8.56. The summed E-state index contributed by atoms with van der Waals surface area (Å²) in [7, 11) is 0. The summed E-state index contributed by atoms with van der Waals surface area (Å²) < 4.78 is 0. The van der Waals surface area contributed by atoms with Gasteiger partial charge in [-0.25, -0.2) is 0 Å². The summed E-state index contributed by atoms with van der Waals surface area (Å²) in [6, 6.07) is 0. The fourth-order valence-corrected chi connectivity index (χ4v) is 1.04. The Balaban J connectivity index is 0. The van der Waals surface area contributed by atoms with Crippen LogP contribution in [0, 0.1) is 0 Å². The number of hydrogen-bond acceptors (Lipinski definition) is 0. The topological polar surface area (TPSA) is 0 Å². The van der Waals surface area contributed by atoms with Crippen molar-refractivity contribution in [1.29, 1.82) is 0 Å². The van der Waals surface area contributed by atoms with Gasteiger partial charge in [-0.05, 0) is 0 Å². The van der Waals surface area contributed by atoms with Crippen LogP contribution in [0.4, 0.5) is 0 Å². The summed E-state index contributed by atoms with van der Waals surface area (Å²) in [5.41, 5.74) is 0. The second-order valence-electron chi connectivity index (χ2n) is 2.20. The van der Waals surface area contributed by atoms with Gasteiger partial charge >= 0.3 is 0 Å². The van der Waals surface area contributed by atoms with E-state index in [1.165, 1.54) is 37.4 Å². The van der Waals surface area contributed by atoms with Crippen molar-refractivity contribution in [3.63, 3.8) is 0 Å². The largest absolute Gasteiger partial charge is 0.147 e. The summed E-state index contributed by atoms with van der Waals surface area (Å²) in [6.45, 7) is 2.25. The van der Waals surface area contributed by atoms with Crippen LogP contribution in [0.1, 0.15) is 39.0 Å². The molecule has 0 heterocycles.